The quantitative estimate of drug-likeness (QED) is 0.127. The van der Waals surface area contributed by atoms with Gasteiger partial charge in [-0.25, -0.2) is 13.8 Å². The number of sulfonamides is 1. The van der Waals surface area contributed by atoms with E-state index in [4.69, 9.17) is 30.5 Å². The summed E-state index contributed by atoms with van der Waals surface area (Å²) in [6.07, 6.45) is 1.41. The van der Waals surface area contributed by atoms with Crippen LogP contribution in [0.25, 0.3) is 0 Å². The molecule has 4 aromatic carbocycles. The third-order valence-electron chi connectivity index (χ3n) is 6.50. The van der Waals surface area contributed by atoms with Gasteiger partial charge >= 0.3 is 0 Å². The average molecular weight is 717 g/mol. The first kappa shape index (κ1) is 33.6. The molecule has 4 rings (SSSR count). The highest BCUT2D eigenvalue weighted by molar-refractivity contribution is 9.10. The number of rotatable bonds is 13. The fraction of sp³-hybridized carbons (Fsp3) is 0.188. The second kappa shape index (κ2) is 15.2. The summed E-state index contributed by atoms with van der Waals surface area (Å²) in [6.45, 7) is 1.63. The first-order chi connectivity index (χ1) is 21.5. The number of ether oxygens (including phenoxy) is 4. The van der Waals surface area contributed by atoms with Gasteiger partial charge in [-0.2, -0.15) is 5.10 Å². The molecule has 0 radical (unpaired) electrons. The number of halogens is 2. The van der Waals surface area contributed by atoms with Crippen LogP contribution in [0.2, 0.25) is 5.02 Å². The maximum atomic E-state index is 13.8. The first-order valence-corrected chi connectivity index (χ1v) is 16.0. The Labute approximate surface area is 275 Å². The van der Waals surface area contributed by atoms with Crippen LogP contribution in [0.4, 0.5) is 5.69 Å². The Morgan fingerprint density at radius 2 is 1.58 bits per heavy atom. The average Bonchev–Trinajstić information content (AvgIpc) is 3.03. The highest BCUT2D eigenvalue weighted by atomic mass is 79.9. The minimum atomic E-state index is -4.20. The monoisotopic (exact) mass is 715 g/mol. The largest absolute Gasteiger partial charge is 0.493 e. The zero-order valence-corrected chi connectivity index (χ0v) is 28.1. The molecular weight excluding hydrogens is 686 g/mol. The normalized spacial score (nSPS) is 11.2. The number of methoxy groups -OCH3 is 3. The molecule has 0 atom stereocenters. The van der Waals surface area contributed by atoms with Gasteiger partial charge in [-0.1, -0.05) is 41.4 Å². The van der Waals surface area contributed by atoms with Crippen molar-refractivity contribution in [2.24, 2.45) is 5.10 Å². The lowest BCUT2D eigenvalue weighted by molar-refractivity contribution is -0.119. The van der Waals surface area contributed by atoms with Crippen LogP contribution >= 0.6 is 27.5 Å². The summed E-state index contributed by atoms with van der Waals surface area (Å²) in [5.74, 6) is 0.875. The van der Waals surface area contributed by atoms with Crippen molar-refractivity contribution in [3.8, 4) is 23.0 Å². The molecule has 0 aliphatic carbocycles. The SMILES string of the molecule is COc1ccc(S(=O)(=O)N(CC(=O)N/N=C\c2cc(Br)c(OCc3ccc(Cl)cc3)c(OC)c2)c2ccc(C)cc2)cc1OC. The van der Waals surface area contributed by atoms with Crippen LogP contribution in [0.5, 0.6) is 23.0 Å². The van der Waals surface area contributed by atoms with E-state index in [0.29, 0.717) is 44.6 Å². The maximum absolute atomic E-state index is 13.8. The predicted molar refractivity (Wildman–Crippen MR) is 177 cm³/mol. The molecule has 4 aromatic rings. The van der Waals surface area contributed by atoms with Crippen LogP contribution in [-0.4, -0.2) is 48.4 Å². The van der Waals surface area contributed by atoms with Gasteiger partial charge in [-0.15, -0.1) is 0 Å². The van der Waals surface area contributed by atoms with E-state index >= 15 is 0 Å². The third-order valence-corrected chi connectivity index (χ3v) is 9.11. The molecule has 13 heteroatoms. The van der Waals surface area contributed by atoms with Crippen molar-refractivity contribution in [2.75, 3.05) is 32.2 Å². The topological polar surface area (TPSA) is 116 Å². The Morgan fingerprint density at radius 1 is 0.911 bits per heavy atom. The number of nitrogens with zero attached hydrogens (tertiary/aromatic N) is 2. The summed E-state index contributed by atoms with van der Waals surface area (Å²) >= 11 is 9.47. The number of hydrazone groups is 1. The van der Waals surface area contributed by atoms with Gasteiger partial charge < -0.3 is 18.9 Å². The molecule has 45 heavy (non-hydrogen) atoms. The van der Waals surface area contributed by atoms with Gasteiger partial charge in [0.25, 0.3) is 15.9 Å². The van der Waals surface area contributed by atoms with Crippen LogP contribution in [0.3, 0.4) is 0 Å². The summed E-state index contributed by atoms with van der Waals surface area (Å²) in [5.41, 5.74) is 5.16. The molecule has 10 nitrogen and oxygen atoms in total. The summed E-state index contributed by atoms with van der Waals surface area (Å²) < 4.78 is 51.2. The number of carbonyl (C=O) groups is 1. The maximum Gasteiger partial charge on any atom is 0.264 e. The number of carbonyl (C=O) groups excluding carboxylic acids is 1. The van der Waals surface area contributed by atoms with Gasteiger partial charge in [-0.05, 0) is 82.5 Å². The molecule has 0 saturated carbocycles. The molecule has 0 aromatic heterocycles. The zero-order valence-electron chi connectivity index (χ0n) is 24.9. The molecule has 0 aliphatic rings. The van der Waals surface area contributed by atoms with Gasteiger partial charge in [0.2, 0.25) is 0 Å². The fourth-order valence-corrected chi connectivity index (χ4v) is 6.30. The molecular formula is C32H31BrClN3O7S. The Bertz CT molecular complexity index is 1780. The number of hydrogen-bond donors (Lipinski definition) is 1. The van der Waals surface area contributed by atoms with Crippen molar-refractivity contribution >= 4 is 55.4 Å². The van der Waals surface area contributed by atoms with E-state index in [2.05, 4.69) is 26.5 Å². The molecule has 1 amide bonds. The van der Waals surface area contributed by atoms with Crippen molar-refractivity contribution in [1.29, 1.82) is 0 Å². The summed E-state index contributed by atoms with van der Waals surface area (Å²) in [4.78, 5) is 13.0. The summed E-state index contributed by atoms with van der Waals surface area (Å²) in [7, 11) is 0.174. The van der Waals surface area contributed by atoms with Crippen LogP contribution < -0.4 is 28.7 Å². The van der Waals surface area contributed by atoms with E-state index in [-0.39, 0.29) is 10.6 Å². The summed E-state index contributed by atoms with van der Waals surface area (Å²) in [5, 5.41) is 4.68. The van der Waals surface area contributed by atoms with E-state index < -0.39 is 22.5 Å². The number of aryl methyl sites for hydroxylation is 1. The standard InChI is InChI=1S/C32H31BrClN3O7S/c1-21-5-11-25(12-6-21)37(45(39,40)26-13-14-28(41-2)29(17-26)42-3)19-31(38)36-35-18-23-15-27(33)32(30(16-23)43-4)44-20-22-7-9-24(34)10-8-22/h5-18H,19-20H2,1-4H3,(H,36,38)/b35-18-. The molecule has 0 spiro atoms. The van der Waals surface area contributed by atoms with E-state index in [1.165, 1.54) is 45.7 Å². The Kier molecular flexibility index (Phi) is 11.3. The summed E-state index contributed by atoms with van der Waals surface area (Å²) in [6, 6.07) is 21.7. The molecule has 0 aliphatic heterocycles. The highest BCUT2D eigenvalue weighted by Gasteiger charge is 2.28. The van der Waals surface area contributed by atoms with Crippen LogP contribution in [0.1, 0.15) is 16.7 Å². The van der Waals surface area contributed by atoms with Gasteiger partial charge in [0.05, 0.1) is 42.6 Å². The van der Waals surface area contributed by atoms with Crippen LogP contribution in [0.15, 0.2) is 93.3 Å². The second-order valence-electron chi connectivity index (χ2n) is 9.61. The molecule has 0 saturated heterocycles. The predicted octanol–water partition coefficient (Wildman–Crippen LogP) is 6.36. The highest BCUT2D eigenvalue weighted by Crippen LogP contribution is 2.37. The van der Waals surface area contributed by atoms with E-state index in [0.717, 1.165) is 15.4 Å². The van der Waals surface area contributed by atoms with Crippen molar-refractivity contribution in [3.05, 3.63) is 105 Å². The minimum absolute atomic E-state index is 0.0765. The Balaban J connectivity index is 1.51. The van der Waals surface area contributed by atoms with E-state index in [9.17, 15) is 13.2 Å². The zero-order chi connectivity index (χ0) is 32.6. The lowest BCUT2D eigenvalue weighted by Crippen LogP contribution is -2.39. The van der Waals surface area contributed by atoms with Gasteiger partial charge in [0.15, 0.2) is 23.0 Å². The molecule has 0 heterocycles. The molecule has 236 valence electrons. The van der Waals surface area contributed by atoms with E-state index in [1.807, 2.05) is 19.1 Å². The lowest BCUT2D eigenvalue weighted by Gasteiger charge is -2.24. The third kappa shape index (κ3) is 8.47. The van der Waals surface area contributed by atoms with Crippen molar-refractivity contribution in [2.45, 2.75) is 18.4 Å². The number of hydrogen-bond acceptors (Lipinski definition) is 8. The Morgan fingerprint density at radius 3 is 2.22 bits per heavy atom. The van der Waals surface area contributed by atoms with Crippen LogP contribution in [-0.2, 0) is 21.4 Å². The number of nitrogens with one attached hydrogen (secondary N) is 1. The van der Waals surface area contributed by atoms with Gasteiger partial charge in [0.1, 0.15) is 13.2 Å². The number of benzene rings is 4. The molecule has 0 bridgehead atoms. The van der Waals surface area contributed by atoms with Crippen molar-refractivity contribution < 1.29 is 32.2 Å². The first-order valence-electron chi connectivity index (χ1n) is 13.4. The second-order valence-corrected chi connectivity index (χ2v) is 12.8. The van der Waals surface area contributed by atoms with E-state index in [1.54, 1.807) is 48.5 Å². The molecule has 0 unspecified atom stereocenters. The van der Waals surface area contributed by atoms with Crippen LogP contribution in [0, 0.1) is 6.92 Å². The van der Waals surface area contributed by atoms with Gasteiger partial charge in [-0.3, -0.25) is 9.10 Å². The molecule has 1 N–H and O–H groups in total. The van der Waals surface area contributed by atoms with Crippen molar-refractivity contribution in [1.82, 2.24) is 5.43 Å². The Hall–Kier alpha value is -4.26. The fourth-order valence-electron chi connectivity index (χ4n) is 4.17. The number of anilines is 1. The molecule has 0 fully saturated rings. The lowest BCUT2D eigenvalue weighted by atomic mass is 10.2. The smallest absolute Gasteiger partial charge is 0.264 e. The van der Waals surface area contributed by atoms with Crippen molar-refractivity contribution in [3.63, 3.8) is 0 Å². The number of amides is 1. The van der Waals surface area contributed by atoms with Gasteiger partial charge in [0, 0.05) is 11.1 Å². The minimum Gasteiger partial charge on any atom is -0.493 e.